The van der Waals surface area contributed by atoms with Gasteiger partial charge in [-0.05, 0) is 25.3 Å². The third-order valence-electron chi connectivity index (χ3n) is 1.93. The molecule has 1 rings (SSSR count). The quantitative estimate of drug-likeness (QED) is 0.749. The maximum atomic E-state index is 5.72. The topological polar surface area (TPSA) is 43.8 Å². The first-order valence-corrected chi connectivity index (χ1v) is 4.40. The average molecular weight is 167 g/mol. The van der Waals surface area contributed by atoms with Crippen molar-refractivity contribution in [3.8, 4) is 0 Å². The highest BCUT2D eigenvalue weighted by molar-refractivity contribution is 5.26. The van der Waals surface area contributed by atoms with Crippen LogP contribution in [0.25, 0.3) is 0 Å². The monoisotopic (exact) mass is 167 g/mol. The van der Waals surface area contributed by atoms with E-state index in [1.54, 1.807) is 6.20 Å². The van der Waals surface area contributed by atoms with E-state index in [1.165, 1.54) is 0 Å². The fourth-order valence-electron chi connectivity index (χ4n) is 1.47. The zero-order valence-electron chi connectivity index (χ0n) is 7.99. The van der Waals surface area contributed by atoms with Crippen LogP contribution in [0.3, 0.4) is 0 Å². The molecule has 0 fully saturated rings. The molecule has 1 aromatic heterocycles. The van der Waals surface area contributed by atoms with Crippen LogP contribution in [0.5, 0.6) is 0 Å². The highest BCUT2D eigenvalue weighted by Crippen LogP contribution is 2.18. The second-order valence-electron chi connectivity index (χ2n) is 3.68. The Kier molecular flexibility index (Phi) is 2.74. The molecule has 0 aliphatic rings. The summed E-state index contributed by atoms with van der Waals surface area (Å²) in [6, 6.07) is 2.23. The lowest BCUT2D eigenvalue weighted by atomic mass is 10.1. The number of nitrogens with two attached hydrogens (primary N) is 1. The standard InChI is InChI=1S/C9H17N3/c1-7(2)6-8(3)12-9(10)4-5-11-12/h4-5,7-8H,6,10H2,1-3H3/t8-/m1/s1. The summed E-state index contributed by atoms with van der Waals surface area (Å²) in [4.78, 5) is 0. The second-order valence-corrected chi connectivity index (χ2v) is 3.68. The van der Waals surface area contributed by atoms with E-state index in [-0.39, 0.29) is 0 Å². The van der Waals surface area contributed by atoms with Crippen molar-refractivity contribution >= 4 is 5.82 Å². The summed E-state index contributed by atoms with van der Waals surface area (Å²) in [6.45, 7) is 6.55. The van der Waals surface area contributed by atoms with E-state index in [2.05, 4.69) is 25.9 Å². The largest absolute Gasteiger partial charge is 0.384 e. The molecule has 0 aromatic carbocycles. The Labute approximate surface area is 73.6 Å². The third kappa shape index (κ3) is 2.00. The molecule has 1 aromatic rings. The van der Waals surface area contributed by atoms with Gasteiger partial charge in [0.05, 0.1) is 12.2 Å². The molecule has 0 bridgehead atoms. The summed E-state index contributed by atoms with van der Waals surface area (Å²) in [7, 11) is 0. The molecule has 0 aliphatic carbocycles. The van der Waals surface area contributed by atoms with E-state index in [9.17, 15) is 0 Å². The number of nitrogens with zero attached hydrogens (tertiary/aromatic N) is 2. The minimum atomic E-state index is 0.403. The summed E-state index contributed by atoms with van der Waals surface area (Å²) in [6.07, 6.45) is 2.86. The Morgan fingerprint density at radius 1 is 1.50 bits per heavy atom. The summed E-state index contributed by atoms with van der Waals surface area (Å²) in [5.41, 5.74) is 5.72. The Morgan fingerprint density at radius 3 is 2.58 bits per heavy atom. The van der Waals surface area contributed by atoms with E-state index in [4.69, 9.17) is 5.73 Å². The van der Waals surface area contributed by atoms with Crippen LogP contribution in [0.4, 0.5) is 5.82 Å². The number of hydrogen-bond donors (Lipinski definition) is 1. The van der Waals surface area contributed by atoms with Gasteiger partial charge in [0.1, 0.15) is 5.82 Å². The minimum Gasteiger partial charge on any atom is -0.384 e. The number of hydrogen-bond acceptors (Lipinski definition) is 2. The minimum absolute atomic E-state index is 0.403. The third-order valence-corrected chi connectivity index (χ3v) is 1.93. The average Bonchev–Trinajstić information content (AvgIpc) is 2.33. The highest BCUT2D eigenvalue weighted by atomic mass is 15.3. The SMILES string of the molecule is CC(C)C[C@@H](C)n1nccc1N. The number of rotatable bonds is 3. The first-order chi connectivity index (χ1) is 5.61. The Bertz CT molecular complexity index is 240. The van der Waals surface area contributed by atoms with Crippen LogP contribution >= 0.6 is 0 Å². The van der Waals surface area contributed by atoms with E-state index in [1.807, 2.05) is 10.7 Å². The normalized spacial score (nSPS) is 13.7. The van der Waals surface area contributed by atoms with E-state index in [0.29, 0.717) is 12.0 Å². The van der Waals surface area contributed by atoms with E-state index >= 15 is 0 Å². The molecule has 0 saturated carbocycles. The number of nitrogen functional groups attached to an aromatic ring is 1. The molecule has 0 saturated heterocycles. The summed E-state index contributed by atoms with van der Waals surface area (Å²) in [5, 5.41) is 4.16. The van der Waals surface area contributed by atoms with Gasteiger partial charge in [-0.15, -0.1) is 0 Å². The van der Waals surface area contributed by atoms with Crippen molar-refractivity contribution in [2.75, 3.05) is 5.73 Å². The second kappa shape index (κ2) is 3.61. The van der Waals surface area contributed by atoms with Crippen molar-refractivity contribution in [1.82, 2.24) is 9.78 Å². The van der Waals surface area contributed by atoms with Crippen LogP contribution in [0.15, 0.2) is 12.3 Å². The molecule has 0 aliphatic heterocycles. The molecular formula is C9H17N3. The van der Waals surface area contributed by atoms with Gasteiger partial charge >= 0.3 is 0 Å². The predicted molar refractivity (Wildman–Crippen MR) is 50.8 cm³/mol. The molecule has 12 heavy (non-hydrogen) atoms. The lowest BCUT2D eigenvalue weighted by Crippen LogP contribution is -2.11. The van der Waals surface area contributed by atoms with Crippen LogP contribution in [0, 0.1) is 5.92 Å². The van der Waals surface area contributed by atoms with Gasteiger partial charge in [0, 0.05) is 0 Å². The zero-order chi connectivity index (χ0) is 9.14. The van der Waals surface area contributed by atoms with Gasteiger partial charge in [0.15, 0.2) is 0 Å². The predicted octanol–water partition coefficient (Wildman–Crippen LogP) is 2.07. The van der Waals surface area contributed by atoms with Crippen LogP contribution < -0.4 is 5.73 Å². The molecule has 3 nitrogen and oxygen atoms in total. The van der Waals surface area contributed by atoms with Gasteiger partial charge in [-0.2, -0.15) is 5.10 Å². The van der Waals surface area contributed by atoms with Gasteiger partial charge in [-0.3, -0.25) is 0 Å². The van der Waals surface area contributed by atoms with E-state index in [0.717, 1.165) is 12.2 Å². The number of aromatic nitrogens is 2. The molecule has 0 spiro atoms. The first kappa shape index (κ1) is 9.10. The van der Waals surface area contributed by atoms with Gasteiger partial charge in [0.2, 0.25) is 0 Å². The van der Waals surface area contributed by atoms with Crippen molar-refractivity contribution in [3.63, 3.8) is 0 Å². The van der Waals surface area contributed by atoms with Crippen molar-refractivity contribution < 1.29 is 0 Å². The van der Waals surface area contributed by atoms with Gasteiger partial charge in [-0.1, -0.05) is 13.8 Å². The molecule has 2 N–H and O–H groups in total. The summed E-state index contributed by atoms with van der Waals surface area (Å²) in [5.74, 6) is 1.44. The van der Waals surface area contributed by atoms with Crippen molar-refractivity contribution in [2.24, 2.45) is 5.92 Å². The highest BCUT2D eigenvalue weighted by Gasteiger charge is 2.09. The Morgan fingerprint density at radius 2 is 2.17 bits per heavy atom. The van der Waals surface area contributed by atoms with Gasteiger partial charge < -0.3 is 5.73 Å². The van der Waals surface area contributed by atoms with Crippen molar-refractivity contribution in [1.29, 1.82) is 0 Å². The lowest BCUT2D eigenvalue weighted by molar-refractivity contribution is 0.402. The van der Waals surface area contributed by atoms with Crippen molar-refractivity contribution in [2.45, 2.75) is 33.2 Å². The molecule has 1 atom stereocenters. The Hall–Kier alpha value is -0.990. The number of anilines is 1. The van der Waals surface area contributed by atoms with Gasteiger partial charge in [0.25, 0.3) is 0 Å². The Balaban J connectivity index is 2.65. The smallest absolute Gasteiger partial charge is 0.121 e. The maximum absolute atomic E-state index is 5.72. The van der Waals surface area contributed by atoms with Crippen LogP contribution in [0.1, 0.15) is 33.2 Å². The van der Waals surface area contributed by atoms with E-state index < -0.39 is 0 Å². The van der Waals surface area contributed by atoms with Crippen molar-refractivity contribution in [3.05, 3.63) is 12.3 Å². The van der Waals surface area contributed by atoms with Crippen LogP contribution in [-0.2, 0) is 0 Å². The molecular weight excluding hydrogens is 150 g/mol. The molecule has 68 valence electrons. The lowest BCUT2D eigenvalue weighted by Gasteiger charge is -2.15. The molecule has 1 heterocycles. The molecule has 0 amide bonds. The summed E-state index contributed by atoms with van der Waals surface area (Å²) < 4.78 is 1.88. The fourth-order valence-corrected chi connectivity index (χ4v) is 1.47. The maximum Gasteiger partial charge on any atom is 0.121 e. The zero-order valence-corrected chi connectivity index (χ0v) is 7.99. The fraction of sp³-hybridized carbons (Fsp3) is 0.667. The van der Waals surface area contributed by atoms with Crippen LogP contribution in [0.2, 0.25) is 0 Å². The molecule has 0 unspecified atom stereocenters. The summed E-state index contributed by atoms with van der Waals surface area (Å²) >= 11 is 0. The first-order valence-electron chi connectivity index (χ1n) is 4.40. The molecule has 0 radical (unpaired) electrons. The van der Waals surface area contributed by atoms with Gasteiger partial charge in [-0.25, -0.2) is 4.68 Å². The molecule has 3 heteroatoms. The van der Waals surface area contributed by atoms with Crippen LogP contribution in [-0.4, -0.2) is 9.78 Å².